The molecular weight excluding hydrogens is 394 g/mol. The van der Waals surface area contributed by atoms with Crippen LogP contribution >= 0.6 is 0 Å². The van der Waals surface area contributed by atoms with E-state index in [0.29, 0.717) is 29.5 Å². The molecule has 1 atom stereocenters. The van der Waals surface area contributed by atoms with E-state index < -0.39 is 13.0 Å². The van der Waals surface area contributed by atoms with Crippen LogP contribution in [0.25, 0.3) is 11.2 Å². The van der Waals surface area contributed by atoms with Crippen molar-refractivity contribution in [2.45, 2.75) is 51.7 Å². The van der Waals surface area contributed by atoms with Crippen LogP contribution in [0, 0.1) is 5.92 Å². The highest BCUT2D eigenvalue weighted by Crippen LogP contribution is 2.24. The largest absolute Gasteiger partial charge is 0.378 e. The average molecular weight is 422 g/mol. The standard InChI is InChI=1S/C20H28F2N6O2/c1-14(29)26-7-4-16(5-8-26)30-13-15-3-2-6-27(11-15)19-10-23-17-9-24-28(12-18(21)22)20(17)25-19/h9-10,15-16,18H,2-8,11-13H2,1H3. The first-order valence-electron chi connectivity index (χ1n) is 10.6. The molecule has 10 heteroatoms. The number of hydrogen-bond acceptors (Lipinski definition) is 6. The summed E-state index contributed by atoms with van der Waals surface area (Å²) in [6.07, 6.45) is 4.75. The van der Waals surface area contributed by atoms with Crippen molar-refractivity contribution in [2.24, 2.45) is 5.92 Å². The number of fused-ring (bicyclic) bond motifs is 1. The quantitative estimate of drug-likeness (QED) is 0.711. The predicted molar refractivity (Wildman–Crippen MR) is 107 cm³/mol. The van der Waals surface area contributed by atoms with Gasteiger partial charge in [0.2, 0.25) is 5.91 Å². The van der Waals surface area contributed by atoms with Crippen molar-refractivity contribution >= 4 is 22.9 Å². The number of rotatable bonds is 6. The van der Waals surface area contributed by atoms with Crippen molar-refractivity contribution in [1.29, 1.82) is 0 Å². The Morgan fingerprint density at radius 1 is 1.23 bits per heavy atom. The number of amides is 1. The summed E-state index contributed by atoms with van der Waals surface area (Å²) in [6, 6.07) is 0. The van der Waals surface area contributed by atoms with Crippen LogP contribution in [0.3, 0.4) is 0 Å². The van der Waals surface area contributed by atoms with Crippen LogP contribution in [-0.2, 0) is 16.1 Å². The average Bonchev–Trinajstić information content (AvgIpc) is 3.14. The van der Waals surface area contributed by atoms with Gasteiger partial charge in [-0.2, -0.15) is 5.10 Å². The zero-order chi connectivity index (χ0) is 21.1. The fraction of sp³-hybridized carbons (Fsp3) is 0.700. The Hall–Kier alpha value is -2.36. The highest BCUT2D eigenvalue weighted by molar-refractivity contribution is 5.73. The molecule has 0 saturated carbocycles. The van der Waals surface area contributed by atoms with E-state index in [1.54, 1.807) is 13.1 Å². The van der Waals surface area contributed by atoms with Gasteiger partial charge in [-0.25, -0.2) is 23.4 Å². The maximum Gasteiger partial charge on any atom is 0.258 e. The number of likely N-dealkylation sites (tertiary alicyclic amines) is 1. The second kappa shape index (κ2) is 9.20. The normalized spacial score (nSPS) is 21.0. The number of anilines is 1. The maximum absolute atomic E-state index is 12.8. The molecule has 164 valence electrons. The Morgan fingerprint density at radius 2 is 2.03 bits per heavy atom. The molecule has 2 aliphatic rings. The van der Waals surface area contributed by atoms with Crippen molar-refractivity contribution in [1.82, 2.24) is 24.6 Å². The highest BCUT2D eigenvalue weighted by atomic mass is 19.3. The summed E-state index contributed by atoms with van der Waals surface area (Å²) >= 11 is 0. The van der Waals surface area contributed by atoms with Gasteiger partial charge >= 0.3 is 0 Å². The number of hydrogen-bond donors (Lipinski definition) is 0. The van der Waals surface area contributed by atoms with Crippen molar-refractivity contribution in [2.75, 3.05) is 37.7 Å². The van der Waals surface area contributed by atoms with Gasteiger partial charge in [0.05, 0.1) is 25.1 Å². The van der Waals surface area contributed by atoms with Gasteiger partial charge in [-0.3, -0.25) is 4.79 Å². The van der Waals surface area contributed by atoms with Crippen molar-refractivity contribution in [3.05, 3.63) is 12.4 Å². The van der Waals surface area contributed by atoms with E-state index in [2.05, 4.69) is 20.0 Å². The molecule has 2 aliphatic heterocycles. The molecule has 0 spiro atoms. The summed E-state index contributed by atoms with van der Waals surface area (Å²) in [4.78, 5) is 24.4. The van der Waals surface area contributed by atoms with E-state index in [1.165, 1.54) is 10.9 Å². The molecule has 1 unspecified atom stereocenters. The molecule has 0 bridgehead atoms. The van der Waals surface area contributed by atoms with Crippen molar-refractivity contribution in [3.8, 4) is 0 Å². The Labute approximate surface area is 174 Å². The number of halogens is 2. The molecule has 0 aliphatic carbocycles. The topological polar surface area (TPSA) is 76.4 Å². The number of aromatic nitrogens is 4. The van der Waals surface area contributed by atoms with Crippen LogP contribution in [0.5, 0.6) is 0 Å². The second-order valence-corrected chi connectivity index (χ2v) is 8.15. The van der Waals surface area contributed by atoms with Gasteiger partial charge in [0, 0.05) is 33.1 Å². The zero-order valence-corrected chi connectivity index (χ0v) is 17.2. The van der Waals surface area contributed by atoms with Crippen LogP contribution in [0.15, 0.2) is 12.4 Å². The van der Waals surface area contributed by atoms with Gasteiger partial charge in [-0.15, -0.1) is 0 Å². The molecule has 2 aromatic rings. The van der Waals surface area contributed by atoms with Crippen LogP contribution < -0.4 is 4.90 Å². The van der Waals surface area contributed by atoms with Crippen LogP contribution in [0.4, 0.5) is 14.6 Å². The third kappa shape index (κ3) is 4.85. The lowest BCUT2D eigenvalue weighted by Gasteiger charge is -2.35. The fourth-order valence-corrected chi connectivity index (χ4v) is 4.28. The van der Waals surface area contributed by atoms with E-state index in [1.807, 2.05) is 4.90 Å². The van der Waals surface area contributed by atoms with Crippen LogP contribution in [-0.4, -0.2) is 75.9 Å². The molecule has 30 heavy (non-hydrogen) atoms. The summed E-state index contributed by atoms with van der Waals surface area (Å²) < 4.78 is 32.9. The van der Waals surface area contributed by atoms with Gasteiger partial charge in [0.25, 0.3) is 6.43 Å². The van der Waals surface area contributed by atoms with Crippen LogP contribution in [0.2, 0.25) is 0 Å². The van der Waals surface area contributed by atoms with Gasteiger partial charge in [-0.1, -0.05) is 0 Å². The number of nitrogens with zero attached hydrogens (tertiary/aromatic N) is 6. The lowest BCUT2D eigenvalue weighted by molar-refractivity contribution is -0.131. The van der Waals surface area contributed by atoms with E-state index in [0.717, 1.165) is 51.9 Å². The third-order valence-corrected chi connectivity index (χ3v) is 5.94. The van der Waals surface area contributed by atoms with Crippen molar-refractivity contribution < 1.29 is 18.3 Å². The van der Waals surface area contributed by atoms with E-state index >= 15 is 0 Å². The Balaban J connectivity index is 1.34. The minimum atomic E-state index is -2.49. The van der Waals surface area contributed by atoms with Crippen LogP contribution in [0.1, 0.15) is 32.6 Å². The monoisotopic (exact) mass is 422 g/mol. The third-order valence-electron chi connectivity index (χ3n) is 5.94. The Morgan fingerprint density at radius 3 is 2.77 bits per heavy atom. The second-order valence-electron chi connectivity index (χ2n) is 8.15. The highest BCUT2D eigenvalue weighted by Gasteiger charge is 2.25. The maximum atomic E-state index is 12.8. The summed E-state index contributed by atoms with van der Waals surface area (Å²) in [6.45, 7) is 4.99. The number of alkyl halides is 2. The molecule has 4 heterocycles. The molecule has 0 N–H and O–H groups in total. The fourth-order valence-electron chi connectivity index (χ4n) is 4.28. The first-order chi connectivity index (χ1) is 14.5. The minimum absolute atomic E-state index is 0.129. The molecule has 2 fully saturated rings. The lowest BCUT2D eigenvalue weighted by Crippen LogP contribution is -2.41. The molecule has 8 nitrogen and oxygen atoms in total. The number of carbonyl (C=O) groups excluding carboxylic acids is 1. The number of carbonyl (C=O) groups is 1. The number of ether oxygens (including phenoxy) is 1. The summed E-state index contributed by atoms with van der Waals surface area (Å²) in [5, 5.41) is 3.98. The van der Waals surface area contributed by atoms with E-state index in [-0.39, 0.29) is 12.0 Å². The summed E-state index contributed by atoms with van der Waals surface area (Å²) in [5.41, 5.74) is 0.914. The summed E-state index contributed by atoms with van der Waals surface area (Å²) in [7, 11) is 0. The molecule has 2 saturated heterocycles. The molecule has 0 aromatic carbocycles. The van der Waals surface area contributed by atoms with Gasteiger partial charge < -0.3 is 14.5 Å². The van der Waals surface area contributed by atoms with E-state index in [4.69, 9.17) is 4.74 Å². The van der Waals surface area contributed by atoms with E-state index in [9.17, 15) is 13.6 Å². The predicted octanol–water partition coefficient (Wildman–Crippen LogP) is 2.34. The number of piperidine rings is 2. The smallest absolute Gasteiger partial charge is 0.258 e. The van der Waals surface area contributed by atoms with Gasteiger partial charge in [-0.05, 0) is 31.6 Å². The molecular formula is C20H28F2N6O2. The Bertz CT molecular complexity index is 868. The molecule has 4 rings (SSSR count). The molecule has 1 amide bonds. The minimum Gasteiger partial charge on any atom is -0.378 e. The van der Waals surface area contributed by atoms with Crippen molar-refractivity contribution in [3.63, 3.8) is 0 Å². The molecule has 2 aromatic heterocycles. The first-order valence-corrected chi connectivity index (χ1v) is 10.6. The molecule has 0 radical (unpaired) electrons. The SMILES string of the molecule is CC(=O)N1CCC(OCC2CCCN(c3cnc4cnn(CC(F)F)c4n3)C2)CC1. The summed E-state index contributed by atoms with van der Waals surface area (Å²) in [5.74, 6) is 1.20. The lowest BCUT2D eigenvalue weighted by atomic mass is 9.98. The first kappa shape index (κ1) is 20.9. The van der Waals surface area contributed by atoms with Gasteiger partial charge in [0.15, 0.2) is 5.65 Å². The van der Waals surface area contributed by atoms with Gasteiger partial charge in [0.1, 0.15) is 17.9 Å². The Kier molecular flexibility index (Phi) is 6.40. The zero-order valence-electron chi connectivity index (χ0n) is 17.2.